The van der Waals surface area contributed by atoms with Gasteiger partial charge in [-0.15, -0.1) is 0 Å². The Morgan fingerprint density at radius 3 is 2.63 bits per heavy atom. The molecular weight excluding hydrogens is 401 g/mol. The van der Waals surface area contributed by atoms with Crippen LogP contribution in [0, 0.1) is 6.92 Å². The molecule has 0 aliphatic carbocycles. The van der Waals surface area contributed by atoms with E-state index >= 15 is 0 Å². The Morgan fingerprint density at radius 2 is 1.97 bits per heavy atom. The number of aromatic nitrogens is 2. The van der Waals surface area contributed by atoms with Gasteiger partial charge in [-0.25, -0.2) is 4.68 Å². The normalized spacial score (nSPS) is 16.3. The number of nitrogens with zero attached hydrogens (tertiary/aromatic N) is 3. The Morgan fingerprint density at radius 1 is 1.27 bits per heavy atom. The monoisotopic (exact) mass is 424 g/mol. The first kappa shape index (κ1) is 22.0. The fraction of sp³-hybridized carbons (Fsp3) is 0.450. The fourth-order valence-corrected chi connectivity index (χ4v) is 3.29. The van der Waals surface area contributed by atoms with Crippen molar-refractivity contribution in [1.82, 2.24) is 20.0 Å². The van der Waals surface area contributed by atoms with Crippen molar-refractivity contribution < 1.29 is 22.7 Å². The number of ether oxygens (including phenoxy) is 1. The van der Waals surface area contributed by atoms with Crippen molar-refractivity contribution in [3.8, 4) is 5.69 Å². The first-order chi connectivity index (χ1) is 14.1. The average Bonchev–Trinajstić information content (AvgIpc) is 2.68. The number of hydrogen-bond acceptors (Lipinski definition) is 5. The number of aryl methyl sites for hydroxylation is 1. The molecule has 0 radical (unpaired) electrons. The van der Waals surface area contributed by atoms with Crippen molar-refractivity contribution >= 4 is 5.91 Å². The van der Waals surface area contributed by atoms with Crippen LogP contribution in [0.3, 0.4) is 0 Å². The maximum absolute atomic E-state index is 13.0. The molecule has 7 nitrogen and oxygen atoms in total. The molecule has 1 amide bonds. The van der Waals surface area contributed by atoms with E-state index in [4.69, 9.17) is 4.74 Å². The largest absolute Gasteiger partial charge is 0.416 e. The van der Waals surface area contributed by atoms with Crippen LogP contribution in [0.5, 0.6) is 0 Å². The van der Waals surface area contributed by atoms with Crippen molar-refractivity contribution in [3.05, 3.63) is 57.5 Å². The number of rotatable bonds is 5. The van der Waals surface area contributed by atoms with Gasteiger partial charge in [-0.05, 0) is 32.0 Å². The summed E-state index contributed by atoms with van der Waals surface area (Å²) in [6.45, 7) is 6.70. The van der Waals surface area contributed by atoms with Crippen LogP contribution in [0.25, 0.3) is 5.69 Å². The summed E-state index contributed by atoms with van der Waals surface area (Å²) in [5.74, 6) is -0.665. The van der Waals surface area contributed by atoms with Gasteiger partial charge < -0.3 is 10.1 Å². The lowest BCUT2D eigenvalue weighted by atomic mass is 10.2. The molecule has 1 aromatic carbocycles. The second-order valence-corrected chi connectivity index (χ2v) is 7.25. The standard InChI is InChI=1S/C20H23F3N4O3/c1-13(12-26-6-8-30-9-7-26)24-19(29)18-17(28)10-14(2)27(25-18)16-5-3-4-15(11-16)20(21,22)23/h3-5,10-11,13H,6-9,12H2,1-2H3,(H,24,29)/t13-/m0/s1. The summed E-state index contributed by atoms with van der Waals surface area (Å²) in [5, 5.41) is 6.80. The highest BCUT2D eigenvalue weighted by atomic mass is 19.4. The van der Waals surface area contributed by atoms with Crippen LogP contribution >= 0.6 is 0 Å². The van der Waals surface area contributed by atoms with E-state index in [1.54, 1.807) is 0 Å². The first-order valence-corrected chi connectivity index (χ1v) is 9.55. The topological polar surface area (TPSA) is 76.5 Å². The summed E-state index contributed by atoms with van der Waals surface area (Å²) >= 11 is 0. The van der Waals surface area contributed by atoms with Crippen LogP contribution in [-0.2, 0) is 10.9 Å². The first-order valence-electron chi connectivity index (χ1n) is 9.55. The minimum atomic E-state index is -4.52. The number of carbonyl (C=O) groups is 1. The molecule has 1 saturated heterocycles. The van der Waals surface area contributed by atoms with Crippen molar-refractivity contribution in [2.75, 3.05) is 32.8 Å². The van der Waals surface area contributed by atoms with Gasteiger partial charge in [-0.1, -0.05) is 6.07 Å². The second kappa shape index (κ2) is 8.97. The molecule has 1 aromatic heterocycles. The van der Waals surface area contributed by atoms with E-state index in [0.29, 0.717) is 25.5 Å². The highest BCUT2D eigenvalue weighted by Gasteiger charge is 2.30. The van der Waals surface area contributed by atoms with Gasteiger partial charge >= 0.3 is 6.18 Å². The number of halogens is 3. The Labute approximate surface area is 171 Å². The zero-order valence-electron chi connectivity index (χ0n) is 16.7. The maximum atomic E-state index is 13.0. The Hall–Kier alpha value is -2.72. The van der Waals surface area contributed by atoms with Gasteiger partial charge in [0.1, 0.15) is 0 Å². The van der Waals surface area contributed by atoms with Crippen LogP contribution in [0.1, 0.15) is 28.7 Å². The number of nitrogens with one attached hydrogen (secondary N) is 1. The van der Waals surface area contributed by atoms with Gasteiger partial charge in [0, 0.05) is 37.4 Å². The van der Waals surface area contributed by atoms with Gasteiger partial charge in [-0.3, -0.25) is 14.5 Å². The maximum Gasteiger partial charge on any atom is 0.416 e. The summed E-state index contributed by atoms with van der Waals surface area (Å²) in [6, 6.07) is 5.49. The average molecular weight is 424 g/mol. The number of morpholine rings is 1. The van der Waals surface area contributed by atoms with Crippen molar-refractivity contribution in [2.45, 2.75) is 26.1 Å². The van der Waals surface area contributed by atoms with Gasteiger partial charge in [0.05, 0.1) is 24.5 Å². The van der Waals surface area contributed by atoms with Crippen molar-refractivity contribution in [2.24, 2.45) is 0 Å². The lowest BCUT2D eigenvalue weighted by Gasteiger charge is -2.29. The van der Waals surface area contributed by atoms with Gasteiger partial charge in [-0.2, -0.15) is 18.3 Å². The van der Waals surface area contributed by atoms with E-state index in [2.05, 4.69) is 15.3 Å². The Kier molecular flexibility index (Phi) is 6.57. The molecule has 1 aliphatic rings. The number of amides is 1. The van der Waals surface area contributed by atoms with Crippen LogP contribution in [0.15, 0.2) is 35.1 Å². The Bertz CT molecular complexity index is 968. The van der Waals surface area contributed by atoms with E-state index in [9.17, 15) is 22.8 Å². The van der Waals surface area contributed by atoms with E-state index in [-0.39, 0.29) is 17.4 Å². The molecule has 2 aromatic rings. The summed E-state index contributed by atoms with van der Waals surface area (Å²) < 4.78 is 45.6. The van der Waals surface area contributed by atoms with Crippen LogP contribution in [0.2, 0.25) is 0 Å². The van der Waals surface area contributed by atoms with E-state index in [0.717, 1.165) is 29.9 Å². The van der Waals surface area contributed by atoms with E-state index < -0.39 is 23.1 Å². The molecular formula is C20H23F3N4O3. The smallest absolute Gasteiger partial charge is 0.379 e. The molecule has 0 saturated carbocycles. The van der Waals surface area contributed by atoms with Crippen LogP contribution < -0.4 is 10.7 Å². The van der Waals surface area contributed by atoms with E-state index in [1.807, 2.05) is 6.92 Å². The third-order valence-electron chi connectivity index (χ3n) is 4.75. The quantitative estimate of drug-likeness (QED) is 0.795. The molecule has 30 heavy (non-hydrogen) atoms. The van der Waals surface area contributed by atoms with Crippen LogP contribution in [0.4, 0.5) is 13.2 Å². The zero-order chi connectivity index (χ0) is 21.9. The molecule has 2 heterocycles. The second-order valence-electron chi connectivity index (χ2n) is 7.25. The van der Waals surface area contributed by atoms with Gasteiger partial charge in [0.15, 0.2) is 5.69 Å². The summed E-state index contributed by atoms with van der Waals surface area (Å²) in [6.07, 6.45) is -4.52. The molecule has 0 bridgehead atoms. The molecule has 1 fully saturated rings. The molecule has 0 spiro atoms. The minimum Gasteiger partial charge on any atom is -0.379 e. The summed E-state index contributed by atoms with van der Waals surface area (Å²) in [4.78, 5) is 27.1. The zero-order valence-corrected chi connectivity index (χ0v) is 16.7. The minimum absolute atomic E-state index is 0.109. The molecule has 1 aliphatic heterocycles. The number of alkyl halides is 3. The van der Waals surface area contributed by atoms with Gasteiger partial charge in [0.25, 0.3) is 5.91 Å². The van der Waals surface area contributed by atoms with E-state index in [1.165, 1.54) is 25.1 Å². The lowest BCUT2D eigenvalue weighted by molar-refractivity contribution is -0.137. The molecule has 3 rings (SSSR count). The molecule has 1 atom stereocenters. The third-order valence-corrected chi connectivity index (χ3v) is 4.75. The molecule has 162 valence electrons. The molecule has 0 unspecified atom stereocenters. The fourth-order valence-electron chi connectivity index (χ4n) is 3.29. The lowest BCUT2D eigenvalue weighted by Crippen LogP contribution is -2.47. The molecule has 1 N–H and O–H groups in total. The number of hydrogen-bond donors (Lipinski definition) is 1. The Balaban J connectivity index is 1.82. The SMILES string of the molecule is Cc1cc(=O)c(C(=O)N[C@@H](C)CN2CCOCC2)nn1-c1cccc(C(F)(F)F)c1. The summed E-state index contributed by atoms with van der Waals surface area (Å²) in [7, 11) is 0. The summed E-state index contributed by atoms with van der Waals surface area (Å²) in [5.41, 5.74) is -1.38. The predicted octanol–water partition coefficient (Wildman–Crippen LogP) is 2.01. The predicted molar refractivity (Wildman–Crippen MR) is 104 cm³/mol. The number of carbonyl (C=O) groups excluding carboxylic acids is 1. The van der Waals surface area contributed by atoms with Crippen LogP contribution in [-0.4, -0.2) is 59.5 Å². The number of benzene rings is 1. The third kappa shape index (κ3) is 5.25. The highest BCUT2D eigenvalue weighted by Crippen LogP contribution is 2.30. The van der Waals surface area contributed by atoms with Crippen molar-refractivity contribution in [1.29, 1.82) is 0 Å². The highest BCUT2D eigenvalue weighted by molar-refractivity contribution is 5.92. The van der Waals surface area contributed by atoms with Gasteiger partial charge in [0.2, 0.25) is 5.43 Å². The molecule has 10 heteroatoms. The van der Waals surface area contributed by atoms with Crippen molar-refractivity contribution in [3.63, 3.8) is 0 Å².